The lowest BCUT2D eigenvalue weighted by Gasteiger charge is -2.35. The normalized spacial score (nSPS) is 20.7. The molecule has 7 rings (SSSR count). The van der Waals surface area contributed by atoms with Crippen molar-refractivity contribution in [1.29, 1.82) is 0 Å². The lowest BCUT2D eigenvalue weighted by molar-refractivity contribution is -0.139. The molecule has 61 heavy (non-hydrogen) atoms. The number of nitrogens with one attached hydrogen (secondary N) is 4. The summed E-state index contributed by atoms with van der Waals surface area (Å²) >= 11 is 0. The van der Waals surface area contributed by atoms with Crippen LogP contribution in [0.4, 0.5) is 8.78 Å². The fourth-order valence-electron chi connectivity index (χ4n) is 9.51. The number of benzene rings is 2. The van der Waals surface area contributed by atoms with Crippen LogP contribution in [0, 0.1) is 23.5 Å². The van der Waals surface area contributed by atoms with Crippen molar-refractivity contribution in [3.63, 3.8) is 0 Å². The molecule has 330 valence electrons. The molecule has 1 saturated carbocycles. The molecule has 3 aliphatic rings. The van der Waals surface area contributed by atoms with E-state index in [1.54, 1.807) is 40.1 Å². The molecule has 0 radical (unpaired) electrons. The molecule has 0 bridgehead atoms. The highest BCUT2D eigenvalue weighted by Crippen LogP contribution is 2.34. The van der Waals surface area contributed by atoms with Crippen LogP contribution in [-0.2, 0) is 32.3 Å². The predicted octanol–water partition coefficient (Wildman–Crippen LogP) is 4.73. The summed E-state index contributed by atoms with van der Waals surface area (Å²) < 4.78 is 33.7. The predicted molar refractivity (Wildman–Crippen MR) is 230 cm³/mol. The van der Waals surface area contributed by atoms with Gasteiger partial charge in [0.1, 0.15) is 23.7 Å². The summed E-state index contributed by atoms with van der Waals surface area (Å²) in [7, 11) is 3.42. The third-order valence-corrected chi connectivity index (χ3v) is 13.3. The van der Waals surface area contributed by atoms with Crippen LogP contribution in [-0.4, -0.2) is 116 Å². The molecule has 2 saturated heterocycles. The van der Waals surface area contributed by atoms with Gasteiger partial charge in [0.2, 0.25) is 23.6 Å². The SMILES string of the molecule is CN[C@H](C)C(=O)N[C@@H](C(=O)N1CCC[C@H]1Cn1c(-c2nc3cc(F)ccc3n2C[C@@H]2CCCN2C(=O)[C@H](NC(=O)[C@@H](C)NC)C2CCCCC2)nc2cc(F)ccc21)C(C)C. The van der Waals surface area contributed by atoms with Crippen molar-refractivity contribution in [2.45, 2.75) is 135 Å². The second kappa shape index (κ2) is 19.0. The summed E-state index contributed by atoms with van der Waals surface area (Å²) in [5.74, 6) is -0.892. The number of amides is 4. The highest BCUT2D eigenvalue weighted by atomic mass is 19.1. The van der Waals surface area contributed by atoms with E-state index >= 15 is 0 Å². The summed E-state index contributed by atoms with van der Waals surface area (Å²) in [4.78, 5) is 68.9. The Hall–Kier alpha value is -4.96. The van der Waals surface area contributed by atoms with Crippen LogP contribution in [0.15, 0.2) is 36.4 Å². The van der Waals surface area contributed by atoms with E-state index < -0.39 is 35.8 Å². The highest BCUT2D eigenvalue weighted by molar-refractivity contribution is 5.91. The zero-order valence-electron chi connectivity index (χ0n) is 36.3. The number of halogens is 2. The van der Waals surface area contributed by atoms with Gasteiger partial charge in [-0.05, 0) is 103 Å². The molecule has 0 unspecified atom stereocenters. The minimum atomic E-state index is -0.731. The molecule has 6 atom stereocenters. The number of likely N-dealkylation sites (N-methyl/N-ethyl adjacent to an activating group) is 2. The summed E-state index contributed by atoms with van der Waals surface area (Å²) in [5, 5.41) is 12.0. The van der Waals surface area contributed by atoms with Gasteiger partial charge in [0.25, 0.3) is 0 Å². The summed E-state index contributed by atoms with van der Waals surface area (Å²) in [6.07, 6.45) is 7.83. The topological polar surface area (TPSA) is 159 Å². The van der Waals surface area contributed by atoms with E-state index in [1.807, 2.05) is 32.8 Å². The number of carbonyl (C=O) groups is 4. The van der Waals surface area contributed by atoms with Gasteiger partial charge in [-0.15, -0.1) is 0 Å². The van der Waals surface area contributed by atoms with Crippen molar-refractivity contribution in [2.24, 2.45) is 11.8 Å². The molecule has 16 heteroatoms. The van der Waals surface area contributed by atoms with E-state index in [2.05, 4.69) is 21.3 Å². The van der Waals surface area contributed by atoms with Gasteiger partial charge in [0.05, 0.1) is 34.2 Å². The Morgan fingerprint density at radius 2 is 1.13 bits per heavy atom. The third kappa shape index (κ3) is 9.30. The maximum atomic E-state index is 14.9. The van der Waals surface area contributed by atoms with Gasteiger partial charge in [-0.25, -0.2) is 18.7 Å². The first-order chi connectivity index (χ1) is 29.3. The van der Waals surface area contributed by atoms with E-state index in [9.17, 15) is 28.0 Å². The van der Waals surface area contributed by atoms with E-state index in [1.165, 1.54) is 24.3 Å². The number of fused-ring (bicyclic) bond motifs is 2. The number of aromatic nitrogens is 4. The van der Waals surface area contributed by atoms with Gasteiger partial charge in [0.15, 0.2) is 11.6 Å². The Labute approximate surface area is 356 Å². The number of hydrogen-bond donors (Lipinski definition) is 4. The van der Waals surface area contributed by atoms with Crippen LogP contribution in [0.25, 0.3) is 33.7 Å². The van der Waals surface area contributed by atoms with E-state index in [-0.39, 0.29) is 47.5 Å². The van der Waals surface area contributed by atoms with Crippen molar-refractivity contribution >= 4 is 45.7 Å². The number of imidazole rings is 2. The van der Waals surface area contributed by atoms with Crippen molar-refractivity contribution in [1.82, 2.24) is 50.2 Å². The average Bonchev–Trinajstić information content (AvgIpc) is 4.07. The largest absolute Gasteiger partial charge is 0.343 e. The Morgan fingerprint density at radius 1 is 0.656 bits per heavy atom. The number of carbonyl (C=O) groups excluding carboxylic acids is 4. The summed E-state index contributed by atoms with van der Waals surface area (Å²) in [6, 6.07) is 6.04. The Balaban J connectivity index is 1.25. The molecule has 2 aromatic heterocycles. The third-order valence-electron chi connectivity index (χ3n) is 13.3. The molecule has 4 aromatic rings. The molecular formula is C45H62F2N10O4. The van der Waals surface area contributed by atoms with Crippen LogP contribution in [0.5, 0.6) is 0 Å². The molecule has 4 amide bonds. The number of likely N-dealkylation sites (tertiary alicyclic amines) is 2. The highest BCUT2D eigenvalue weighted by Gasteiger charge is 2.40. The van der Waals surface area contributed by atoms with Crippen LogP contribution in [0.2, 0.25) is 0 Å². The lowest BCUT2D eigenvalue weighted by atomic mass is 9.83. The Kier molecular flexibility index (Phi) is 13.7. The van der Waals surface area contributed by atoms with E-state index in [0.29, 0.717) is 72.7 Å². The van der Waals surface area contributed by atoms with Crippen LogP contribution >= 0.6 is 0 Å². The maximum absolute atomic E-state index is 14.9. The van der Waals surface area contributed by atoms with Crippen molar-refractivity contribution in [3.8, 4) is 11.6 Å². The minimum Gasteiger partial charge on any atom is -0.343 e. The fourth-order valence-corrected chi connectivity index (χ4v) is 9.51. The van der Waals surface area contributed by atoms with Crippen LogP contribution < -0.4 is 21.3 Å². The summed E-state index contributed by atoms with van der Waals surface area (Å²) in [6.45, 7) is 9.05. The van der Waals surface area contributed by atoms with Gasteiger partial charge < -0.3 is 40.2 Å². The van der Waals surface area contributed by atoms with Gasteiger partial charge in [-0.3, -0.25) is 19.2 Å². The maximum Gasteiger partial charge on any atom is 0.245 e. The second-order valence-electron chi connectivity index (χ2n) is 17.6. The van der Waals surface area contributed by atoms with E-state index in [0.717, 1.165) is 44.9 Å². The van der Waals surface area contributed by atoms with Gasteiger partial charge >= 0.3 is 0 Å². The molecule has 3 fully saturated rings. The Morgan fingerprint density at radius 3 is 1.61 bits per heavy atom. The van der Waals surface area contributed by atoms with Crippen molar-refractivity contribution in [3.05, 3.63) is 48.0 Å². The molecule has 2 aromatic carbocycles. The second-order valence-corrected chi connectivity index (χ2v) is 17.6. The zero-order chi connectivity index (χ0) is 43.5. The molecule has 2 aliphatic heterocycles. The lowest BCUT2D eigenvalue weighted by Crippen LogP contribution is -2.56. The standard InChI is InChI=1S/C45H62F2N10O4/c1-26(2)38(52-42(58)27(3)48-5)44(60)54-20-10-14-32(54)24-56-36-18-16-30(46)22-34(36)50-40(56)41-51-35-23-31(47)17-19-37(35)57(41)25-33-15-11-21-55(33)45(61)39(29-12-8-7-9-13-29)53-43(59)28(4)49-6/h16-19,22-23,26-29,32-33,38-39,48-49H,7-15,20-21,24-25H2,1-6H3,(H,52,58)(H,53,59)/t27-,28-,32+,33+,38-,39-/m1/s1. The van der Waals surface area contributed by atoms with Gasteiger partial charge in [-0.2, -0.15) is 0 Å². The monoisotopic (exact) mass is 844 g/mol. The molecule has 1 aliphatic carbocycles. The molecule has 0 spiro atoms. The number of nitrogens with zero attached hydrogens (tertiary/aromatic N) is 6. The van der Waals surface area contributed by atoms with Crippen LogP contribution in [0.1, 0.15) is 85.5 Å². The fraction of sp³-hybridized carbons (Fsp3) is 0.600. The molecule has 14 nitrogen and oxygen atoms in total. The summed E-state index contributed by atoms with van der Waals surface area (Å²) in [5.41, 5.74) is 2.12. The average molecular weight is 845 g/mol. The van der Waals surface area contributed by atoms with Gasteiger partial charge in [-0.1, -0.05) is 33.1 Å². The number of rotatable bonds is 15. The molecule has 4 N–H and O–H groups in total. The quantitative estimate of drug-likeness (QED) is 0.134. The molecular weight excluding hydrogens is 783 g/mol. The first-order valence-electron chi connectivity index (χ1n) is 22.2. The van der Waals surface area contributed by atoms with Crippen molar-refractivity contribution in [2.75, 3.05) is 27.2 Å². The molecule has 4 heterocycles. The first-order valence-corrected chi connectivity index (χ1v) is 22.2. The Bertz CT molecular complexity index is 2230. The zero-order valence-corrected chi connectivity index (χ0v) is 36.3. The van der Waals surface area contributed by atoms with Crippen LogP contribution in [0.3, 0.4) is 0 Å². The van der Waals surface area contributed by atoms with E-state index in [4.69, 9.17) is 9.97 Å². The number of hydrogen-bond acceptors (Lipinski definition) is 8. The van der Waals surface area contributed by atoms with Gasteiger partial charge in [0, 0.05) is 50.4 Å². The first kappa shape index (κ1) is 44.1. The smallest absolute Gasteiger partial charge is 0.245 e. The van der Waals surface area contributed by atoms with Crippen molar-refractivity contribution < 1.29 is 28.0 Å². The minimum absolute atomic E-state index is 0.0365.